The van der Waals surface area contributed by atoms with E-state index in [1.54, 1.807) is 6.07 Å². The van der Waals surface area contributed by atoms with E-state index in [0.717, 1.165) is 33.5 Å². The summed E-state index contributed by atoms with van der Waals surface area (Å²) in [6.45, 7) is 3.72. The number of rotatable bonds is 5. The number of nitrogens with zero attached hydrogens (tertiary/aromatic N) is 3. The van der Waals surface area contributed by atoms with Crippen LogP contribution in [-0.2, 0) is 4.79 Å². The maximum absolute atomic E-state index is 13.0. The molecule has 31 heavy (non-hydrogen) atoms. The highest BCUT2D eigenvalue weighted by molar-refractivity contribution is 8.00. The average Bonchev–Trinajstić information content (AvgIpc) is 2.79. The second kappa shape index (κ2) is 8.99. The van der Waals surface area contributed by atoms with Crippen LogP contribution < -0.4 is 5.32 Å². The largest absolute Gasteiger partial charge is 0.324 e. The SMILES string of the molecule is Cc1cc(NC(=O)C(C)Sc2nc(-c3ccccc3)ccc2C#N)c2ccccc2n1. The number of carbonyl (C=O) groups excluding carboxylic acids is 1. The number of nitriles is 1. The summed E-state index contributed by atoms with van der Waals surface area (Å²) >= 11 is 1.28. The van der Waals surface area contributed by atoms with Crippen LogP contribution >= 0.6 is 11.8 Å². The smallest absolute Gasteiger partial charge is 0.237 e. The second-order valence-electron chi connectivity index (χ2n) is 7.10. The van der Waals surface area contributed by atoms with Gasteiger partial charge in [0.15, 0.2) is 0 Å². The summed E-state index contributed by atoms with van der Waals surface area (Å²) in [6, 6.07) is 25.1. The van der Waals surface area contributed by atoms with E-state index in [1.807, 2.05) is 80.6 Å². The Kier molecular flexibility index (Phi) is 5.96. The molecule has 0 spiro atoms. The summed E-state index contributed by atoms with van der Waals surface area (Å²) in [4.78, 5) is 22.1. The van der Waals surface area contributed by atoms with Gasteiger partial charge in [0.05, 0.1) is 27.7 Å². The number of aromatic nitrogens is 2. The number of anilines is 1. The van der Waals surface area contributed by atoms with Gasteiger partial charge in [-0.15, -0.1) is 0 Å². The number of thioether (sulfide) groups is 1. The fourth-order valence-electron chi connectivity index (χ4n) is 3.25. The Morgan fingerprint density at radius 1 is 1.03 bits per heavy atom. The third kappa shape index (κ3) is 4.57. The molecule has 152 valence electrons. The molecular weight excluding hydrogens is 404 g/mol. The van der Waals surface area contributed by atoms with E-state index in [-0.39, 0.29) is 5.91 Å². The highest BCUT2D eigenvalue weighted by Crippen LogP contribution is 2.30. The summed E-state index contributed by atoms with van der Waals surface area (Å²) in [5.41, 5.74) is 4.58. The lowest BCUT2D eigenvalue weighted by Crippen LogP contribution is -2.23. The Morgan fingerprint density at radius 3 is 2.55 bits per heavy atom. The van der Waals surface area contributed by atoms with Crippen LogP contribution in [-0.4, -0.2) is 21.1 Å². The monoisotopic (exact) mass is 424 g/mol. The van der Waals surface area contributed by atoms with Crippen molar-refractivity contribution >= 4 is 34.3 Å². The molecule has 4 rings (SSSR count). The van der Waals surface area contributed by atoms with Crippen molar-refractivity contribution in [2.45, 2.75) is 24.1 Å². The van der Waals surface area contributed by atoms with Gasteiger partial charge < -0.3 is 5.32 Å². The predicted octanol–water partition coefficient (Wildman–Crippen LogP) is 5.60. The van der Waals surface area contributed by atoms with Crippen LogP contribution in [0.3, 0.4) is 0 Å². The molecule has 0 bridgehead atoms. The van der Waals surface area contributed by atoms with Gasteiger partial charge in [-0.2, -0.15) is 5.26 Å². The topological polar surface area (TPSA) is 78.7 Å². The van der Waals surface area contributed by atoms with Crippen LogP contribution in [0.1, 0.15) is 18.2 Å². The molecule has 2 aromatic heterocycles. The van der Waals surface area contributed by atoms with Crippen LogP contribution in [0, 0.1) is 18.3 Å². The molecule has 0 fully saturated rings. The molecule has 1 amide bonds. The molecule has 5 nitrogen and oxygen atoms in total. The van der Waals surface area contributed by atoms with Crippen LogP contribution in [0.5, 0.6) is 0 Å². The van der Waals surface area contributed by atoms with Gasteiger partial charge in [0.25, 0.3) is 0 Å². The third-order valence-electron chi connectivity index (χ3n) is 4.81. The summed E-state index contributed by atoms with van der Waals surface area (Å²) in [5.74, 6) is -0.156. The summed E-state index contributed by atoms with van der Waals surface area (Å²) < 4.78 is 0. The number of aryl methyl sites for hydroxylation is 1. The van der Waals surface area contributed by atoms with Gasteiger partial charge in [-0.3, -0.25) is 9.78 Å². The molecule has 0 aliphatic carbocycles. The molecule has 1 unspecified atom stereocenters. The highest BCUT2D eigenvalue weighted by atomic mass is 32.2. The van der Waals surface area contributed by atoms with Crippen molar-refractivity contribution in [3.63, 3.8) is 0 Å². The van der Waals surface area contributed by atoms with E-state index < -0.39 is 5.25 Å². The van der Waals surface area contributed by atoms with E-state index >= 15 is 0 Å². The van der Waals surface area contributed by atoms with Crippen molar-refractivity contribution in [2.75, 3.05) is 5.32 Å². The number of para-hydroxylation sites is 1. The van der Waals surface area contributed by atoms with E-state index in [1.165, 1.54) is 11.8 Å². The van der Waals surface area contributed by atoms with Crippen molar-refractivity contribution in [1.29, 1.82) is 5.26 Å². The van der Waals surface area contributed by atoms with Gasteiger partial charge >= 0.3 is 0 Å². The third-order valence-corrected chi connectivity index (χ3v) is 5.91. The molecule has 2 aromatic carbocycles. The minimum Gasteiger partial charge on any atom is -0.324 e. The number of hydrogen-bond donors (Lipinski definition) is 1. The molecule has 0 radical (unpaired) electrons. The Labute approximate surface area is 185 Å². The average molecular weight is 425 g/mol. The van der Waals surface area contributed by atoms with Gasteiger partial charge in [-0.25, -0.2) is 4.98 Å². The number of benzene rings is 2. The molecule has 1 N–H and O–H groups in total. The molecule has 6 heteroatoms. The molecule has 0 saturated heterocycles. The first kappa shape index (κ1) is 20.6. The Hall–Kier alpha value is -3.69. The fourth-order valence-corrected chi connectivity index (χ4v) is 4.14. The van der Waals surface area contributed by atoms with Crippen molar-refractivity contribution < 1.29 is 4.79 Å². The normalized spacial score (nSPS) is 11.6. The lowest BCUT2D eigenvalue weighted by atomic mass is 10.1. The van der Waals surface area contributed by atoms with Crippen molar-refractivity contribution in [1.82, 2.24) is 9.97 Å². The van der Waals surface area contributed by atoms with E-state index in [0.29, 0.717) is 10.6 Å². The number of nitrogens with one attached hydrogen (secondary N) is 1. The molecular formula is C25H20N4OS. The van der Waals surface area contributed by atoms with E-state index in [9.17, 15) is 10.1 Å². The first-order chi connectivity index (χ1) is 15.0. The van der Waals surface area contributed by atoms with Crippen molar-refractivity contribution in [2.24, 2.45) is 0 Å². The van der Waals surface area contributed by atoms with Gasteiger partial charge in [-0.05, 0) is 38.1 Å². The number of carbonyl (C=O) groups is 1. The molecule has 4 aromatic rings. The molecule has 2 heterocycles. The van der Waals surface area contributed by atoms with Crippen LogP contribution in [0.25, 0.3) is 22.2 Å². The second-order valence-corrected chi connectivity index (χ2v) is 8.43. The van der Waals surface area contributed by atoms with Gasteiger partial charge in [-0.1, -0.05) is 60.3 Å². The Balaban J connectivity index is 1.58. The number of amides is 1. The number of pyridine rings is 2. The summed E-state index contributed by atoms with van der Waals surface area (Å²) in [6.07, 6.45) is 0. The van der Waals surface area contributed by atoms with Crippen molar-refractivity contribution in [3.8, 4) is 17.3 Å². The van der Waals surface area contributed by atoms with E-state index in [2.05, 4.69) is 21.4 Å². The fraction of sp³-hybridized carbons (Fsp3) is 0.120. The Bertz CT molecular complexity index is 1300. The van der Waals surface area contributed by atoms with Crippen LogP contribution in [0.2, 0.25) is 0 Å². The zero-order valence-electron chi connectivity index (χ0n) is 17.2. The van der Waals surface area contributed by atoms with Gasteiger partial charge in [0.1, 0.15) is 11.1 Å². The van der Waals surface area contributed by atoms with Crippen LogP contribution in [0.15, 0.2) is 77.8 Å². The summed E-state index contributed by atoms with van der Waals surface area (Å²) in [7, 11) is 0. The zero-order valence-corrected chi connectivity index (χ0v) is 18.0. The first-order valence-electron chi connectivity index (χ1n) is 9.85. The number of fused-ring (bicyclic) bond motifs is 1. The van der Waals surface area contributed by atoms with E-state index in [4.69, 9.17) is 0 Å². The summed E-state index contributed by atoms with van der Waals surface area (Å²) in [5, 5.41) is 13.5. The minimum absolute atomic E-state index is 0.156. The molecule has 0 saturated carbocycles. The minimum atomic E-state index is -0.446. The van der Waals surface area contributed by atoms with Crippen LogP contribution in [0.4, 0.5) is 5.69 Å². The lowest BCUT2D eigenvalue weighted by molar-refractivity contribution is -0.115. The zero-order chi connectivity index (χ0) is 21.8. The predicted molar refractivity (Wildman–Crippen MR) is 125 cm³/mol. The maximum Gasteiger partial charge on any atom is 0.237 e. The first-order valence-corrected chi connectivity index (χ1v) is 10.7. The number of hydrogen-bond acceptors (Lipinski definition) is 5. The maximum atomic E-state index is 13.0. The molecule has 1 atom stereocenters. The Morgan fingerprint density at radius 2 is 1.77 bits per heavy atom. The molecule has 0 aliphatic rings. The molecule has 0 aliphatic heterocycles. The standard InChI is InChI=1S/C25H20N4OS/c1-16-14-23(20-10-6-7-11-22(20)27-16)28-24(30)17(2)31-25-19(15-26)12-13-21(29-25)18-8-4-3-5-9-18/h3-14,17H,1-2H3,(H,27,28,30). The highest BCUT2D eigenvalue weighted by Gasteiger charge is 2.19. The van der Waals surface area contributed by atoms with Crippen molar-refractivity contribution in [3.05, 3.63) is 84.1 Å². The van der Waals surface area contributed by atoms with Gasteiger partial charge in [0.2, 0.25) is 5.91 Å². The lowest BCUT2D eigenvalue weighted by Gasteiger charge is -2.15. The van der Waals surface area contributed by atoms with Gasteiger partial charge in [0, 0.05) is 16.6 Å². The quantitative estimate of drug-likeness (QED) is 0.422.